The lowest BCUT2D eigenvalue weighted by Gasteiger charge is -2.44. The van der Waals surface area contributed by atoms with Crippen molar-refractivity contribution in [3.05, 3.63) is 41.5 Å². The first-order chi connectivity index (χ1) is 14.7. The van der Waals surface area contributed by atoms with Crippen molar-refractivity contribution in [1.82, 2.24) is 4.90 Å². The Labute approximate surface area is 176 Å². The van der Waals surface area contributed by atoms with Crippen molar-refractivity contribution < 1.29 is 28.4 Å². The van der Waals surface area contributed by atoms with Gasteiger partial charge in [-0.05, 0) is 12.1 Å². The topological polar surface area (TPSA) is 58.6 Å². The molecule has 2 aromatic carbocycles. The quantitative estimate of drug-likeness (QED) is 0.763. The Bertz CT molecular complexity index is 926. The summed E-state index contributed by atoms with van der Waals surface area (Å²) >= 11 is 0. The minimum absolute atomic E-state index is 0.0666. The second-order valence-electron chi connectivity index (χ2n) is 7.84. The standard InChI is InChI=1S/C23H27NO6/c1-14-22(16-5-4-15(25-2)10-18(16)26-3)17-11-20-21(29-13-28-20)12-19(17)30-23(14)24-6-8-27-9-7-24/h4-5,10-12,14,22-23H,6-9,13H2,1-3H3/t14-,22+,23+/m1/s1. The fourth-order valence-corrected chi connectivity index (χ4v) is 4.73. The van der Waals surface area contributed by atoms with E-state index in [4.69, 9.17) is 28.4 Å². The molecule has 1 fully saturated rings. The Kier molecular flexibility index (Phi) is 5.08. The maximum Gasteiger partial charge on any atom is 0.231 e. The molecule has 0 bridgehead atoms. The smallest absolute Gasteiger partial charge is 0.231 e. The molecule has 1 saturated heterocycles. The lowest BCUT2D eigenvalue weighted by molar-refractivity contribution is -0.0785. The van der Waals surface area contributed by atoms with Gasteiger partial charge in [0, 0.05) is 48.2 Å². The van der Waals surface area contributed by atoms with E-state index in [1.165, 1.54) is 0 Å². The van der Waals surface area contributed by atoms with Crippen molar-refractivity contribution in [1.29, 1.82) is 0 Å². The number of nitrogens with zero attached hydrogens (tertiary/aromatic N) is 1. The molecule has 3 aliphatic rings. The predicted octanol–water partition coefficient (Wildman–Crippen LogP) is 3.25. The van der Waals surface area contributed by atoms with Crippen LogP contribution in [0.5, 0.6) is 28.7 Å². The zero-order valence-corrected chi connectivity index (χ0v) is 17.6. The molecule has 30 heavy (non-hydrogen) atoms. The largest absolute Gasteiger partial charge is 0.497 e. The molecule has 3 atom stereocenters. The average molecular weight is 413 g/mol. The van der Waals surface area contributed by atoms with Gasteiger partial charge in [0.25, 0.3) is 0 Å². The van der Waals surface area contributed by atoms with Crippen LogP contribution in [-0.4, -0.2) is 58.4 Å². The van der Waals surface area contributed by atoms with Crippen LogP contribution in [-0.2, 0) is 4.74 Å². The van der Waals surface area contributed by atoms with Crippen molar-refractivity contribution in [2.75, 3.05) is 47.3 Å². The first-order valence-electron chi connectivity index (χ1n) is 10.3. The lowest BCUT2D eigenvalue weighted by atomic mass is 9.77. The molecule has 0 aliphatic carbocycles. The predicted molar refractivity (Wildman–Crippen MR) is 110 cm³/mol. The molecule has 5 rings (SSSR count). The Morgan fingerprint density at radius 1 is 0.900 bits per heavy atom. The van der Waals surface area contributed by atoms with Gasteiger partial charge in [0.05, 0.1) is 27.4 Å². The van der Waals surface area contributed by atoms with Gasteiger partial charge in [-0.3, -0.25) is 4.90 Å². The maximum atomic E-state index is 6.55. The molecule has 7 nitrogen and oxygen atoms in total. The van der Waals surface area contributed by atoms with E-state index in [9.17, 15) is 0 Å². The van der Waals surface area contributed by atoms with Crippen LogP contribution in [0.15, 0.2) is 30.3 Å². The summed E-state index contributed by atoms with van der Waals surface area (Å²) in [6, 6.07) is 10.0. The van der Waals surface area contributed by atoms with E-state index in [1.54, 1.807) is 14.2 Å². The Hall–Kier alpha value is -2.64. The molecule has 2 aromatic rings. The summed E-state index contributed by atoms with van der Waals surface area (Å²) < 4.78 is 34.6. The molecule has 0 saturated carbocycles. The second kappa shape index (κ2) is 7.89. The lowest BCUT2D eigenvalue weighted by Crippen LogP contribution is -2.52. The van der Waals surface area contributed by atoms with Gasteiger partial charge in [-0.1, -0.05) is 13.0 Å². The van der Waals surface area contributed by atoms with Crippen LogP contribution >= 0.6 is 0 Å². The average Bonchev–Trinajstić information content (AvgIpc) is 3.25. The van der Waals surface area contributed by atoms with Gasteiger partial charge in [0.2, 0.25) is 6.79 Å². The van der Waals surface area contributed by atoms with Gasteiger partial charge >= 0.3 is 0 Å². The highest BCUT2D eigenvalue weighted by molar-refractivity contribution is 5.58. The van der Waals surface area contributed by atoms with Gasteiger partial charge in [-0.2, -0.15) is 0 Å². The number of hydrogen-bond donors (Lipinski definition) is 0. The van der Waals surface area contributed by atoms with Gasteiger partial charge in [0.1, 0.15) is 17.2 Å². The van der Waals surface area contributed by atoms with E-state index in [2.05, 4.69) is 24.0 Å². The summed E-state index contributed by atoms with van der Waals surface area (Å²) in [5.41, 5.74) is 2.19. The summed E-state index contributed by atoms with van der Waals surface area (Å²) in [5, 5.41) is 0. The molecule has 0 N–H and O–H groups in total. The number of rotatable bonds is 4. The Morgan fingerprint density at radius 3 is 2.40 bits per heavy atom. The highest BCUT2D eigenvalue weighted by Gasteiger charge is 2.42. The third-order valence-electron chi connectivity index (χ3n) is 6.24. The molecule has 0 aromatic heterocycles. The van der Waals surface area contributed by atoms with Crippen molar-refractivity contribution in [2.45, 2.75) is 19.1 Å². The zero-order valence-electron chi connectivity index (χ0n) is 17.6. The summed E-state index contributed by atoms with van der Waals surface area (Å²) in [6.07, 6.45) is -0.0708. The van der Waals surface area contributed by atoms with Gasteiger partial charge in [0.15, 0.2) is 17.7 Å². The number of methoxy groups -OCH3 is 2. The Morgan fingerprint density at radius 2 is 1.67 bits per heavy atom. The number of benzene rings is 2. The van der Waals surface area contributed by atoms with Crippen LogP contribution in [0.25, 0.3) is 0 Å². The van der Waals surface area contributed by atoms with E-state index >= 15 is 0 Å². The molecule has 3 heterocycles. The van der Waals surface area contributed by atoms with E-state index in [-0.39, 0.29) is 24.9 Å². The van der Waals surface area contributed by atoms with E-state index in [1.807, 2.05) is 18.2 Å². The number of ether oxygens (including phenoxy) is 6. The molecule has 3 aliphatic heterocycles. The molecule has 0 spiro atoms. The van der Waals surface area contributed by atoms with Crippen LogP contribution in [0.4, 0.5) is 0 Å². The van der Waals surface area contributed by atoms with Crippen LogP contribution in [0, 0.1) is 5.92 Å². The number of morpholine rings is 1. The third-order valence-corrected chi connectivity index (χ3v) is 6.24. The van der Waals surface area contributed by atoms with E-state index < -0.39 is 0 Å². The zero-order chi connectivity index (χ0) is 20.7. The summed E-state index contributed by atoms with van der Waals surface area (Å²) in [4.78, 5) is 2.37. The fourth-order valence-electron chi connectivity index (χ4n) is 4.73. The highest BCUT2D eigenvalue weighted by Crippen LogP contribution is 2.51. The molecule has 0 amide bonds. The van der Waals surface area contributed by atoms with Crippen molar-refractivity contribution >= 4 is 0 Å². The molecule has 160 valence electrons. The first-order valence-corrected chi connectivity index (χ1v) is 10.3. The van der Waals surface area contributed by atoms with Gasteiger partial charge in [-0.25, -0.2) is 0 Å². The molecular formula is C23H27NO6. The van der Waals surface area contributed by atoms with Gasteiger partial charge < -0.3 is 28.4 Å². The molecule has 0 radical (unpaired) electrons. The van der Waals surface area contributed by atoms with Crippen molar-refractivity contribution in [3.63, 3.8) is 0 Å². The van der Waals surface area contributed by atoms with E-state index in [0.29, 0.717) is 0 Å². The van der Waals surface area contributed by atoms with Crippen LogP contribution in [0.3, 0.4) is 0 Å². The SMILES string of the molecule is COc1ccc([C@H]2c3cc4c(cc3O[C@H](N3CCOCC3)[C@@H]2C)OCO4)c(OC)c1. The van der Waals surface area contributed by atoms with Crippen LogP contribution < -0.4 is 23.7 Å². The van der Waals surface area contributed by atoms with Crippen molar-refractivity contribution in [2.24, 2.45) is 5.92 Å². The third kappa shape index (κ3) is 3.22. The molecule has 0 unspecified atom stereocenters. The maximum absolute atomic E-state index is 6.55. The van der Waals surface area contributed by atoms with E-state index in [0.717, 1.165) is 66.2 Å². The first kappa shape index (κ1) is 19.3. The summed E-state index contributed by atoms with van der Waals surface area (Å²) in [7, 11) is 3.36. The molecular weight excluding hydrogens is 386 g/mol. The van der Waals surface area contributed by atoms with Crippen LogP contribution in [0.1, 0.15) is 24.0 Å². The van der Waals surface area contributed by atoms with Crippen LogP contribution in [0.2, 0.25) is 0 Å². The molecule has 7 heteroatoms. The highest BCUT2D eigenvalue weighted by atomic mass is 16.7. The van der Waals surface area contributed by atoms with Crippen molar-refractivity contribution in [3.8, 4) is 28.7 Å². The minimum atomic E-state index is -0.0708. The normalized spacial score (nSPS) is 25.4. The summed E-state index contributed by atoms with van der Waals surface area (Å²) in [5.74, 6) is 4.13. The monoisotopic (exact) mass is 413 g/mol. The fraction of sp³-hybridized carbons (Fsp3) is 0.478. The minimum Gasteiger partial charge on any atom is -0.497 e. The number of fused-ring (bicyclic) bond motifs is 2. The summed E-state index contributed by atoms with van der Waals surface area (Å²) in [6.45, 7) is 5.61. The Balaban J connectivity index is 1.62. The van der Waals surface area contributed by atoms with Gasteiger partial charge in [-0.15, -0.1) is 0 Å². The number of hydrogen-bond acceptors (Lipinski definition) is 7. The second-order valence-corrected chi connectivity index (χ2v) is 7.84.